The molecule has 0 saturated carbocycles. The van der Waals surface area contributed by atoms with Gasteiger partial charge in [0.1, 0.15) is 16.2 Å². The van der Waals surface area contributed by atoms with Crippen LogP contribution in [0.25, 0.3) is 0 Å². The molecule has 0 bridgehead atoms. The Bertz CT molecular complexity index is 609. The Kier molecular flexibility index (Phi) is 4.75. The minimum Gasteiger partial charge on any atom is -0.363 e. The van der Waals surface area contributed by atoms with Crippen LogP contribution in [0, 0.1) is 13.8 Å². The van der Waals surface area contributed by atoms with Crippen LogP contribution in [-0.4, -0.2) is 15.0 Å². The summed E-state index contributed by atoms with van der Waals surface area (Å²) in [7, 11) is 0. The Morgan fingerprint density at radius 3 is 2.40 bits per heavy atom. The minimum atomic E-state index is 0.183. The molecule has 2 heterocycles. The topological polar surface area (TPSA) is 50.7 Å². The zero-order valence-electron chi connectivity index (χ0n) is 12.4. The number of thiazole rings is 1. The van der Waals surface area contributed by atoms with E-state index >= 15 is 0 Å². The summed E-state index contributed by atoms with van der Waals surface area (Å²) in [5.74, 6) is 1.98. The predicted molar refractivity (Wildman–Crippen MR) is 87.4 cm³/mol. The van der Waals surface area contributed by atoms with Crippen molar-refractivity contribution in [3.63, 3.8) is 0 Å². The average molecular weight is 355 g/mol. The van der Waals surface area contributed by atoms with Crippen molar-refractivity contribution in [1.29, 1.82) is 0 Å². The predicted octanol–water partition coefficient (Wildman–Crippen LogP) is 4.61. The van der Waals surface area contributed by atoms with Crippen molar-refractivity contribution < 1.29 is 0 Å². The first kappa shape index (κ1) is 15.4. The number of aromatic nitrogens is 3. The number of hydrogen-bond acceptors (Lipinski definition) is 5. The van der Waals surface area contributed by atoms with Gasteiger partial charge in [0.05, 0.1) is 16.7 Å². The SMILES string of the molecule is Cc1nc(C)c(C(C)Nc2cc(Br)nc(C(C)C)n2)s1. The van der Waals surface area contributed by atoms with Crippen LogP contribution in [0.2, 0.25) is 0 Å². The zero-order valence-corrected chi connectivity index (χ0v) is 14.8. The standard InChI is InChI=1S/C14H19BrN4S/c1-7(2)14-18-11(15)6-12(19-14)17-9(4)13-8(3)16-10(5)20-13/h6-7,9H,1-5H3,(H,17,18,19). The lowest BCUT2D eigenvalue weighted by Gasteiger charge is -2.15. The monoisotopic (exact) mass is 354 g/mol. The van der Waals surface area contributed by atoms with Crippen molar-refractivity contribution in [2.24, 2.45) is 0 Å². The van der Waals surface area contributed by atoms with E-state index in [1.54, 1.807) is 11.3 Å². The van der Waals surface area contributed by atoms with Crippen molar-refractivity contribution in [3.05, 3.63) is 32.1 Å². The van der Waals surface area contributed by atoms with Gasteiger partial charge in [-0.3, -0.25) is 0 Å². The summed E-state index contributed by atoms with van der Waals surface area (Å²) in [6, 6.07) is 2.09. The molecule has 6 heteroatoms. The van der Waals surface area contributed by atoms with Gasteiger partial charge in [-0.2, -0.15) is 0 Å². The number of rotatable bonds is 4. The lowest BCUT2D eigenvalue weighted by Crippen LogP contribution is -2.10. The highest BCUT2D eigenvalue weighted by Crippen LogP contribution is 2.28. The Morgan fingerprint density at radius 1 is 1.15 bits per heavy atom. The Morgan fingerprint density at radius 2 is 1.85 bits per heavy atom. The molecule has 2 aromatic rings. The van der Waals surface area contributed by atoms with E-state index < -0.39 is 0 Å². The van der Waals surface area contributed by atoms with Gasteiger partial charge < -0.3 is 5.32 Å². The molecule has 1 N–H and O–H groups in total. The summed E-state index contributed by atoms with van der Waals surface area (Å²) >= 11 is 5.17. The molecule has 0 spiro atoms. The number of nitrogens with zero attached hydrogens (tertiary/aromatic N) is 3. The summed E-state index contributed by atoms with van der Waals surface area (Å²) in [5.41, 5.74) is 1.09. The third kappa shape index (κ3) is 3.55. The van der Waals surface area contributed by atoms with Crippen LogP contribution in [0.3, 0.4) is 0 Å². The molecule has 4 nitrogen and oxygen atoms in total. The Balaban J connectivity index is 2.23. The van der Waals surface area contributed by atoms with E-state index in [1.807, 2.05) is 19.9 Å². The minimum absolute atomic E-state index is 0.183. The van der Waals surface area contributed by atoms with E-state index in [-0.39, 0.29) is 6.04 Å². The van der Waals surface area contributed by atoms with Crippen LogP contribution in [0.15, 0.2) is 10.7 Å². The summed E-state index contributed by atoms with van der Waals surface area (Å²) in [4.78, 5) is 14.7. The largest absolute Gasteiger partial charge is 0.363 e. The van der Waals surface area contributed by atoms with E-state index in [0.717, 1.165) is 26.9 Å². The first-order chi connectivity index (χ1) is 9.36. The van der Waals surface area contributed by atoms with Crippen molar-refractivity contribution in [1.82, 2.24) is 15.0 Å². The van der Waals surface area contributed by atoms with E-state index in [1.165, 1.54) is 4.88 Å². The van der Waals surface area contributed by atoms with Crippen LogP contribution in [0.5, 0.6) is 0 Å². The van der Waals surface area contributed by atoms with E-state index in [4.69, 9.17) is 0 Å². The second-order valence-corrected chi connectivity index (χ2v) is 7.18. The van der Waals surface area contributed by atoms with Crippen molar-refractivity contribution in [2.75, 3.05) is 5.32 Å². The molecule has 0 aliphatic carbocycles. The van der Waals surface area contributed by atoms with E-state index in [9.17, 15) is 0 Å². The maximum atomic E-state index is 4.57. The fraction of sp³-hybridized carbons (Fsp3) is 0.500. The van der Waals surface area contributed by atoms with Gasteiger partial charge in [0.15, 0.2) is 0 Å². The Labute approximate surface area is 132 Å². The molecule has 0 aliphatic heterocycles. The first-order valence-electron chi connectivity index (χ1n) is 6.61. The van der Waals surface area contributed by atoms with Crippen LogP contribution in [0.4, 0.5) is 5.82 Å². The normalized spacial score (nSPS) is 12.8. The highest BCUT2D eigenvalue weighted by Gasteiger charge is 2.14. The van der Waals surface area contributed by atoms with Gasteiger partial charge in [-0.25, -0.2) is 15.0 Å². The number of anilines is 1. The van der Waals surface area contributed by atoms with Crippen LogP contribution in [0.1, 0.15) is 54.1 Å². The van der Waals surface area contributed by atoms with Gasteiger partial charge in [0, 0.05) is 16.9 Å². The molecule has 20 heavy (non-hydrogen) atoms. The molecule has 108 valence electrons. The van der Waals surface area contributed by atoms with Crippen molar-refractivity contribution in [2.45, 2.75) is 46.6 Å². The fourth-order valence-electron chi connectivity index (χ4n) is 2.00. The lowest BCUT2D eigenvalue weighted by atomic mass is 10.2. The molecule has 0 amide bonds. The van der Waals surface area contributed by atoms with Gasteiger partial charge in [0.2, 0.25) is 0 Å². The molecule has 0 aliphatic rings. The van der Waals surface area contributed by atoms with Gasteiger partial charge in [0.25, 0.3) is 0 Å². The van der Waals surface area contributed by atoms with Gasteiger partial charge in [-0.1, -0.05) is 13.8 Å². The molecule has 0 saturated heterocycles. The second-order valence-electron chi connectivity index (χ2n) is 5.14. The maximum absolute atomic E-state index is 4.57. The number of nitrogens with one attached hydrogen (secondary N) is 1. The summed E-state index contributed by atoms with van der Waals surface area (Å²) < 4.78 is 0.808. The summed E-state index contributed by atoms with van der Waals surface area (Å²) in [6.07, 6.45) is 0. The highest BCUT2D eigenvalue weighted by molar-refractivity contribution is 9.10. The van der Waals surface area contributed by atoms with Gasteiger partial charge in [-0.15, -0.1) is 11.3 Å². The third-order valence-corrected chi connectivity index (χ3v) is 4.59. The molecule has 0 radical (unpaired) electrons. The molecule has 0 fully saturated rings. The fourth-order valence-corrected chi connectivity index (χ4v) is 3.33. The zero-order chi connectivity index (χ0) is 14.9. The summed E-state index contributed by atoms with van der Waals surface area (Å²) in [5, 5.41) is 4.53. The van der Waals surface area contributed by atoms with Gasteiger partial charge in [-0.05, 0) is 36.7 Å². The van der Waals surface area contributed by atoms with E-state index in [2.05, 4.69) is 57.0 Å². The third-order valence-electron chi connectivity index (χ3n) is 2.93. The number of hydrogen-bond donors (Lipinski definition) is 1. The smallest absolute Gasteiger partial charge is 0.134 e. The molecular formula is C14H19BrN4S. The maximum Gasteiger partial charge on any atom is 0.134 e. The number of halogens is 1. The average Bonchev–Trinajstić information content (AvgIpc) is 2.67. The summed E-state index contributed by atoms with van der Waals surface area (Å²) in [6.45, 7) is 10.4. The van der Waals surface area contributed by atoms with Crippen molar-refractivity contribution >= 4 is 33.1 Å². The van der Waals surface area contributed by atoms with E-state index in [0.29, 0.717) is 5.92 Å². The number of aryl methyl sites for hydroxylation is 2. The molecule has 1 atom stereocenters. The van der Waals surface area contributed by atoms with Crippen LogP contribution in [-0.2, 0) is 0 Å². The van der Waals surface area contributed by atoms with Crippen LogP contribution >= 0.6 is 27.3 Å². The van der Waals surface area contributed by atoms with Crippen molar-refractivity contribution in [3.8, 4) is 0 Å². The quantitative estimate of drug-likeness (QED) is 0.814. The molecule has 1 unspecified atom stereocenters. The first-order valence-corrected chi connectivity index (χ1v) is 8.22. The second kappa shape index (κ2) is 6.18. The molecule has 2 rings (SSSR count). The Hall–Kier alpha value is -1.01. The van der Waals surface area contributed by atoms with Crippen LogP contribution < -0.4 is 5.32 Å². The molecule has 0 aromatic carbocycles. The molecule has 2 aromatic heterocycles. The highest BCUT2D eigenvalue weighted by atomic mass is 79.9. The molecular weight excluding hydrogens is 336 g/mol. The van der Waals surface area contributed by atoms with Gasteiger partial charge >= 0.3 is 0 Å². The lowest BCUT2D eigenvalue weighted by molar-refractivity contribution is 0.764.